The summed E-state index contributed by atoms with van der Waals surface area (Å²) in [7, 11) is 1.77. The van der Waals surface area contributed by atoms with Crippen LogP contribution in [0.5, 0.6) is 11.8 Å². The van der Waals surface area contributed by atoms with E-state index in [1.54, 1.807) is 85.1 Å². The van der Waals surface area contributed by atoms with Gasteiger partial charge in [0.1, 0.15) is 6.33 Å². The number of aryl methyl sites for hydroxylation is 3. The Kier molecular flexibility index (Phi) is 7.58. The summed E-state index contributed by atoms with van der Waals surface area (Å²) in [6, 6.07) is 12.5. The van der Waals surface area contributed by atoms with Crippen LogP contribution in [0.25, 0.3) is 39.2 Å². The molecule has 3 N–H and O–H groups in total. The van der Waals surface area contributed by atoms with Crippen LogP contribution in [0.15, 0.2) is 85.9 Å². The number of carbonyl (C=O) groups excluding carboxylic acids is 2. The normalized spacial score (nSPS) is 11.1. The van der Waals surface area contributed by atoms with Crippen LogP contribution in [0, 0.1) is 19.7 Å². The molecule has 0 saturated carbocycles. The molecule has 0 saturated heterocycles. The van der Waals surface area contributed by atoms with Crippen LogP contribution in [-0.4, -0.2) is 40.9 Å². The lowest BCUT2D eigenvalue weighted by Gasteiger charge is -2.14. The number of fused-ring (bicyclic) bond motifs is 1. The minimum absolute atomic E-state index is 0.0204. The predicted molar refractivity (Wildman–Crippen MR) is 167 cm³/mol. The number of benzene rings is 2. The van der Waals surface area contributed by atoms with Gasteiger partial charge in [-0.05, 0) is 61.4 Å². The number of aromatic nitrogens is 6. The lowest BCUT2D eigenvalue weighted by atomic mass is 9.94. The van der Waals surface area contributed by atoms with Gasteiger partial charge in [0.15, 0.2) is 17.4 Å². The molecule has 11 nitrogen and oxygen atoms in total. The molecule has 0 atom stereocenters. The number of hydrogen-bond acceptors (Lipinski definition) is 7. The van der Waals surface area contributed by atoms with Gasteiger partial charge in [0.05, 0.1) is 28.7 Å². The number of carbonyl (C=O) groups is 2. The van der Waals surface area contributed by atoms with E-state index < -0.39 is 23.5 Å². The molecule has 0 aliphatic carbocycles. The molecule has 6 rings (SSSR count). The number of nitrogens with two attached hydrogens (primary N) is 1. The number of amides is 2. The second-order valence-corrected chi connectivity index (χ2v) is 10.5. The second-order valence-electron chi connectivity index (χ2n) is 10.5. The Hall–Kier alpha value is -6.24. The third-order valence-corrected chi connectivity index (χ3v) is 7.26. The Morgan fingerprint density at radius 2 is 1.85 bits per heavy atom. The minimum atomic E-state index is -1.13. The van der Waals surface area contributed by atoms with Crippen molar-refractivity contribution in [3.63, 3.8) is 0 Å². The van der Waals surface area contributed by atoms with Crippen LogP contribution in [-0.2, 0) is 11.8 Å². The van der Waals surface area contributed by atoms with Crippen LogP contribution >= 0.6 is 0 Å². The fraction of sp³-hybridized carbons (Fsp3) is 0.0909. The zero-order chi connectivity index (χ0) is 32.7. The molecular weight excluding hydrogens is 594 g/mol. The topological polar surface area (TPSA) is 142 Å². The number of nitrogens with one attached hydrogen (secondary N) is 1. The highest BCUT2D eigenvalue weighted by atomic mass is 19.1. The van der Waals surface area contributed by atoms with Crippen molar-refractivity contribution >= 4 is 23.0 Å². The van der Waals surface area contributed by atoms with Gasteiger partial charge in [-0.3, -0.25) is 18.7 Å². The summed E-state index contributed by atoms with van der Waals surface area (Å²) < 4.78 is 37.9. The van der Waals surface area contributed by atoms with Crippen molar-refractivity contribution in [1.29, 1.82) is 0 Å². The molecule has 13 heteroatoms. The van der Waals surface area contributed by atoms with Gasteiger partial charge in [0.2, 0.25) is 0 Å². The van der Waals surface area contributed by atoms with E-state index in [4.69, 9.17) is 10.5 Å². The average molecular weight is 621 g/mol. The number of halogens is 2. The summed E-state index contributed by atoms with van der Waals surface area (Å²) in [6.45, 7) is 6.56. The summed E-state index contributed by atoms with van der Waals surface area (Å²) in [5.74, 6) is -3.70. The number of rotatable bonds is 8. The van der Waals surface area contributed by atoms with Crippen molar-refractivity contribution in [2.75, 3.05) is 5.32 Å². The number of anilines is 1. The van der Waals surface area contributed by atoms with E-state index in [9.17, 15) is 14.0 Å². The largest absolute Gasteiger partial charge is 0.421 e. The van der Waals surface area contributed by atoms with E-state index in [-0.39, 0.29) is 17.3 Å². The van der Waals surface area contributed by atoms with Crippen molar-refractivity contribution < 1.29 is 23.1 Å². The van der Waals surface area contributed by atoms with Crippen molar-refractivity contribution in [1.82, 2.24) is 29.1 Å². The average Bonchev–Trinajstić information content (AvgIpc) is 3.59. The minimum Gasteiger partial charge on any atom is -0.421 e. The highest BCUT2D eigenvalue weighted by Crippen LogP contribution is 2.42. The molecule has 0 spiro atoms. The second kappa shape index (κ2) is 11.7. The van der Waals surface area contributed by atoms with Crippen LogP contribution in [0.3, 0.4) is 0 Å². The van der Waals surface area contributed by atoms with Crippen LogP contribution in [0.4, 0.5) is 14.5 Å². The molecule has 0 aliphatic heterocycles. The van der Waals surface area contributed by atoms with E-state index in [0.29, 0.717) is 56.1 Å². The number of hydrogen-bond donors (Lipinski definition) is 2. The van der Waals surface area contributed by atoms with Crippen LogP contribution in [0.1, 0.15) is 21.6 Å². The molecule has 4 aromatic heterocycles. The SMILES string of the molecule is C=C(F)C(=O)Nc1ccc(-c2c(-c3ccc(Oc4nccc(C)n4)c(F)c3)c(C(N)=O)c3cc(-c4cnn(C)c4)ncn23)c(C)c1. The molecule has 0 bridgehead atoms. The zero-order valence-electron chi connectivity index (χ0n) is 24.9. The molecule has 4 heterocycles. The molecule has 0 aliphatic rings. The van der Waals surface area contributed by atoms with Gasteiger partial charge in [0, 0.05) is 47.5 Å². The number of primary amides is 1. The van der Waals surface area contributed by atoms with Crippen molar-refractivity contribution in [3.05, 3.63) is 108 Å². The lowest BCUT2D eigenvalue weighted by molar-refractivity contribution is -0.114. The maximum atomic E-state index is 15.6. The van der Waals surface area contributed by atoms with E-state index in [1.807, 2.05) is 0 Å². The molecule has 6 aromatic rings. The molecular formula is C33H26F2N8O3. The first kappa shape index (κ1) is 29.8. The first-order chi connectivity index (χ1) is 22.0. The first-order valence-electron chi connectivity index (χ1n) is 13.9. The predicted octanol–water partition coefficient (Wildman–Crippen LogP) is 5.93. The van der Waals surface area contributed by atoms with Gasteiger partial charge in [-0.1, -0.05) is 18.7 Å². The number of ether oxygens (including phenoxy) is 1. The molecule has 0 radical (unpaired) electrons. The van der Waals surface area contributed by atoms with Gasteiger partial charge in [-0.15, -0.1) is 0 Å². The Balaban J connectivity index is 1.57. The summed E-state index contributed by atoms with van der Waals surface area (Å²) in [5.41, 5.74) is 11.2. The van der Waals surface area contributed by atoms with Crippen molar-refractivity contribution in [3.8, 4) is 45.4 Å². The monoisotopic (exact) mass is 620 g/mol. The smallest absolute Gasteiger partial charge is 0.322 e. The van der Waals surface area contributed by atoms with E-state index in [2.05, 4.69) is 31.9 Å². The quantitative estimate of drug-likeness (QED) is 0.201. The van der Waals surface area contributed by atoms with Crippen LogP contribution < -0.4 is 15.8 Å². The highest BCUT2D eigenvalue weighted by molar-refractivity contribution is 6.11. The van der Waals surface area contributed by atoms with Gasteiger partial charge < -0.3 is 15.8 Å². The molecule has 0 fully saturated rings. The molecule has 46 heavy (non-hydrogen) atoms. The van der Waals surface area contributed by atoms with Gasteiger partial charge >= 0.3 is 6.01 Å². The highest BCUT2D eigenvalue weighted by Gasteiger charge is 2.27. The van der Waals surface area contributed by atoms with Gasteiger partial charge in [0.25, 0.3) is 11.8 Å². The lowest BCUT2D eigenvalue weighted by Crippen LogP contribution is -2.12. The number of nitrogens with zero attached hydrogens (tertiary/aromatic N) is 6. The fourth-order valence-corrected chi connectivity index (χ4v) is 5.18. The van der Waals surface area contributed by atoms with Crippen molar-refractivity contribution in [2.45, 2.75) is 13.8 Å². The summed E-state index contributed by atoms with van der Waals surface area (Å²) in [6.07, 6.45) is 6.47. The molecule has 230 valence electrons. The van der Waals surface area contributed by atoms with Gasteiger partial charge in [-0.2, -0.15) is 5.10 Å². The van der Waals surface area contributed by atoms with E-state index >= 15 is 4.39 Å². The van der Waals surface area contributed by atoms with E-state index in [1.165, 1.54) is 18.3 Å². The molecule has 2 aromatic carbocycles. The molecule has 2 amide bonds. The maximum Gasteiger partial charge on any atom is 0.322 e. The van der Waals surface area contributed by atoms with Crippen molar-refractivity contribution in [2.24, 2.45) is 12.8 Å². The fourth-order valence-electron chi connectivity index (χ4n) is 5.18. The summed E-state index contributed by atoms with van der Waals surface area (Å²) in [4.78, 5) is 37.9. The third-order valence-electron chi connectivity index (χ3n) is 7.26. The standard InChI is InChI=1S/C33H26F2N8O3/c1-17-11-22(41-32(45)19(3)34)6-7-23(17)30-28(20-5-8-27(24(35)12-20)46-33-37-10-9-18(2)40-33)29(31(36)44)26-13-25(38-16-43(26)30)21-14-39-42(4)15-21/h5-16H,3H2,1-2,4H3,(H2,36,44)(H,41,45). The molecule has 0 unspecified atom stereocenters. The summed E-state index contributed by atoms with van der Waals surface area (Å²) in [5, 5.41) is 6.65. The summed E-state index contributed by atoms with van der Waals surface area (Å²) >= 11 is 0. The Labute approximate surface area is 261 Å². The first-order valence-corrected chi connectivity index (χ1v) is 13.9. The zero-order valence-corrected chi connectivity index (χ0v) is 24.9. The van der Waals surface area contributed by atoms with Crippen LogP contribution in [0.2, 0.25) is 0 Å². The van der Waals surface area contributed by atoms with Gasteiger partial charge in [-0.25, -0.2) is 23.7 Å². The third kappa shape index (κ3) is 5.56. The Morgan fingerprint density at radius 1 is 1.04 bits per heavy atom. The Morgan fingerprint density at radius 3 is 2.50 bits per heavy atom. The maximum absolute atomic E-state index is 15.6. The Bertz CT molecular complexity index is 2210. The van der Waals surface area contributed by atoms with E-state index in [0.717, 1.165) is 0 Å².